The number of rotatable bonds is 8. The van der Waals surface area contributed by atoms with Gasteiger partial charge in [-0.25, -0.2) is 0 Å². The minimum absolute atomic E-state index is 0.00819. The maximum atomic E-state index is 12.1. The molecule has 2 rings (SSSR count). The van der Waals surface area contributed by atoms with Crippen molar-refractivity contribution >= 4 is 12.0 Å². The fourth-order valence-corrected chi connectivity index (χ4v) is 2.64. The molecule has 0 bridgehead atoms. The number of amides is 1. The van der Waals surface area contributed by atoms with E-state index < -0.39 is 0 Å². The molecule has 0 aromatic heterocycles. The van der Waals surface area contributed by atoms with E-state index in [1.807, 2.05) is 44.2 Å². The van der Waals surface area contributed by atoms with Crippen LogP contribution in [0, 0.1) is 6.92 Å². The minimum Gasteiger partial charge on any atom is -0.493 e. The van der Waals surface area contributed by atoms with Crippen LogP contribution in [-0.4, -0.2) is 31.0 Å². The summed E-state index contributed by atoms with van der Waals surface area (Å²) < 4.78 is 11.4. The number of carbonyl (C=O) groups is 1. The van der Waals surface area contributed by atoms with Gasteiger partial charge in [0, 0.05) is 19.2 Å². The molecule has 0 aliphatic heterocycles. The molecule has 0 fully saturated rings. The topological polar surface area (TPSA) is 38.8 Å². The summed E-state index contributed by atoms with van der Waals surface area (Å²) in [6.07, 6.45) is 3.39. The van der Waals surface area contributed by atoms with Crippen LogP contribution >= 0.6 is 0 Å². The molecule has 0 radical (unpaired) electrons. The molecular formula is C22H27NO3. The molecule has 0 unspecified atom stereocenters. The van der Waals surface area contributed by atoms with Crippen molar-refractivity contribution in [1.29, 1.82) is 0 Å². The second-order valence-electron chi connectivity index (χ2n) is 5.97. The van der Waals surface area contributed by atoms with Gasteiger partial charge in [-0.2, -0.15) is 0 Å². The van der Waals surface area contributed by atoms with Crippen LogP contribution in [0.5, 0.6) is 11.5 Å². The molecule has 138 valence electrons. The number of likely N-dealkylation sites (N-methyl/N-ethyl adjacent to an activating group) is 1. The molecule has 4 nitrogen and oxygen atoms in total. The first kappa shape index (κ1) is 19.6. The SMILES string of the molecule is CCN(CC)C(=O)/C=C/c1ccc(OCc2ccccc2C)c(OC)c1. The van der Waals surface area contributed by atoms with Crippen LogP contribution in [0.15, 0.2) is 48.5 Å². The van der Waals surface area contributed by atoms with Crippen LogP contribution in [0.4, 0.5) is 0 Å². The quantitative estimate of drug-likeness (QED) is 0.658. The highest BCUT2D eigenvalue weighted by atomic mass is 16.5. The van der Waals surface area contributed by atoms with Crippen molar-refractivity contribution in [3.63, 3.8) is 0 Å². The van der Waals surface area contributed by atoms with Gasteiger partial charge in [0.2, 0.25) is 5.91 Å². The summed E-state index contributed by atoms with van der Waals surface area (Å²) in [5.74, 6) is 1.34. The van der Waals surface area contributed by atoms with E-state index in [4.69, 9.17) is 9.47 Å². The molecule has 0 atom stereocenters. The number of ether oxygens (including phenoxy) is 2. The summed E-state index contributed by atoms with van der Waals surface area (Å²) >= 11 is 0. The highest BCUT2D eigenvalue weighted by Crippen LogP contribution is 2.29. The minimum atomic E-state index is 0.00819. The predicted molar refractivity (Wildman–Crippen MR) is 105 cm³/mol. The molecule has 1 amide bonds. The summed E-state index contributed by atoms with van der Waals surface area (Å²) in [7, 11) is 1.62. The van der Waals surface area contributed by atoms with Crippen molar-refractivity contribution in [3.05, 3.63) is 65.2 Å². The van der Waals surface area contributed by atoms with Crippen molar-refractivity contribution in [2.45, 2.75) is 27.4 Å². The van der Waals surface area contributed by atoms with Crippen LogP contribution in [0.3, 0.4) is 0 Å². The predicted octanol–water partition coefficient (Wildman–Crippen LogP) is 4.46. The van der Waals surface area contributed by atoms with Crippen molar-refractivity contribution < 1.29 is 14.3 Å². The van der Waals surface area contributed by atoms with Crippen molar-refractivity contribution in [3.8, 4) is 11.5 Å². The Morgan fingerprint density at radius 3 is 2.46 bits per heavy atom. The van der Waals surface area contributed by atoms with Gasteiger partial charge in [-0.3, -0.25) is 4.79 Å². The van der Waals surface area contributed by atoms with Crippen LogP contribution in [0.25, 0.3) is 6.08 Å². The summed E-state index contributed by atoms with van der Waals surface area (Å²) in [6, 6.07) is 13.8. The van der Waals surface area contributed by atoms with Gasteiger partial charge in [0.25, 0.3) is 0 Å². The summed E-state index contributed by atoms with van der Waals surface area (Å²) in [6.45, 7) is 7.90. The first-order chi connectivity index (χ1) is 12.6. The molecule has 0 saturated carbocycles. The number of nitrogens with zero attached hydrogens (tertiary/aromatic N) is 1. The van der Waals surface area contributed by atoms with E-state index in [0.717, 1.165) is 11.1 Å². The van der Waals surface area contributed by atoms with E-state index in [1.165, 1.54) is 5.56 Å². The maximum Gasteiger partial charge on any atom is 0.246 e. The lowest BCUT2D eigenvalue weighted by Crippen LogP contribution is -2.28. The first-order valence-corrected chi connectivity index (χ1v) is 8.91. The van der Waals surface area contributed by atoms with Crippen molar-refractivity contribution in [2.75, 3.05) is 20.2 Å². The first-order valence-electron chi connectivity index (χ1n) is 8.91. The molecule has 0 N–H and O–H groups in total. The molecule has 0 saturated heterocycles. The Kier molecular flexibility index (Phi) is 7.27. The van der Waals surface area contributed by atoms with E-state index >= 15 is 0 Å². The zero-order valence-corrected chi connectivity index (χ0v) is 16.0. The number of carbonyl (C=O) groups excluding carboxylic acids is 1. The van der Waals surface area contributed by atoms with Gasteiger partial charge in [-0.05, 0) is 55.7 Å². The van der Waals surface area contributed by atoms with Gasteiger partial charge < -0.3 is 14.4 Å². The molecule has 0 heterocycles. The lowest BCUT2D eigenvalue weighted by molar-refractivity contribution is -0.125. The zero-order chi connectivity index (χ0) is 18.9. The van der Waals surface area contributed by atoms with E-state index in [1.54, 1.807) is 24.2 Å². The number of hydrogen-bond acceptors (Lipinski definition) is 3. The lowest BCUT2D eigenvalue weighted by atomic mass is 10.1. The molecular weight excluding hydrogens is 326 g/mol. The Hall–Kier alpha value is -2.75. The van der Waals surface area contributed by atoms with Gasteiger partial charge >= 0.3 is 0 Å². The fourth-order valence-electron chi connectivity index (χ4n) is 2.64. The Labute approximate surface area is 156 Å². The van der Waals surface area contributed by atoms with Gasteiger partial charge in [-0.1, -0.05) is 30.3 Å². The van der Waals surface area contributed by atoms with E-state index in [0.29, 0.717) is 31.2 Å². The highest BCUT2D eigenvalue weighted by molar-refractivity contribution is 5.91. The third-order valence-electron chi connectivity index (χ3n) is 4.33. The highest BCUT2D eigenvalue weighted by Gasteiger charge is 2.08. The zero-order valence-electron chi connectivity index (χ0n) is 16.0. The largest absolute Gasteiger partial charge is 0.493 e. The van der Waals surface area contributed by atoms with Crippen molar-refractivity contribution in [1.82, 2.24) is 4.90 Å². The van der Waals surface area contributed by atoms with E-state index in [-0.39, 0.29) is 5.91 Å². The van der Waals surface area contributed by atoms with Crippen LogP contribution in [0.2, 0.25) is 0 Å². The van der Waals surface area contributed by atoms with Gasteiger partial charge in [0.05, 0.1) is 7.11 Å². The van der Waals surface area contributed by atoms with Crippen LogP contribution in [-0.2, 0) is 11.4 Å². The molecule has 0 aliphatic rings. The maximum absolute atomic E-state index is 12.1. The van der Waals surface area contributed by atoms with Gasteiger partial charge in [-0.15, -0.1) is 0 Å². The summed E-state index contributed by atoms with van der Waals surface area (Å²) in [5.41, 5.74) is 3.23. The molecule has 2 aromatic carbocycles. The molecule has 4 heteroatoms. The molecule has 0 aliphatic carbocycles. The number of aryl methyl sites for hydroxylation is 1. The second kappa shape index (κ2) is 9.66. The van der Waals surface area contributed by atoms with Crippen LogP contribution in [0.1, 0.15) is 30.5 Å². The average Bonchev–Trinajstić information content (AvgIpc) is 2.67. The monoisotopic (exact) mass is 353 g/mol. The third-order valence-corrected chi connectivity index (χ3v) is 4.33. The van der Waals surface area contributed by atoms with Crippen LogP contribution < -0.4 is 9.47 Å². The number of benzene rings is 2. The van der Waals surface area contributed by atoms with Gasteiger partial charge in [0.15, 0.2) is 11.5 Å². The lowest BCUT2D eigenvalue weighted by Gasteiger charge is -2.16. The number of methoxy groups -OCH3 is 1. The van der Waals surface area contributed by atoms with E-state index in [9.17, 15) is 4.79 Å². The average molecular weight is 353 g/mol. The Morgan fingerprint density at radius 2 is 1.81 bits per heavy atom. The second-order valence-corrected chi connectivity index (χ2v) is 5.97. The Morgan fingerprint density at radius 1 is 1.08 bits per heavy atom. The molecule has 26 heavy (non-hydrogen) atoms. The summed E-state index contributed by atoms with van der Waals surface area (Å²) in [5, 5.41) is 0. The smallest absolute Gasteiger partial charge is 0.246 e. The molecule has 2 aromatic rings. The Balaban J connectivity index is 2.09. The summed E-state index contributed by atoms with van der Waals surface area (Å²) in [4.78, 5) is 13.8. The Bertz CT molecular complexity index is 764. The normalized spacial score (nSPS) is 10.8. The van der Waals surface area contributed by atoms with E-state index in [2.05, 4.69) is 19.1 Å². The third kappa shape index (κ3) is 5.12. The van der Waals surface area contributed by atoms with Gasteiger partial charge in [0.1, 0.15) is 6.61 Å². The molecule has 0 spiro atoms. The number of hydrogen-bond donors (Lipinski definition) is 0. The standard InChI is InChI=1S/C22H27NO3/c1-5-23(6-2)22(24)14-12-18-11-13-20(21(15-18)25-4)26-16-19-10-8-7-9-17(19)3/h7-15H,5-6,16H2,1-4H3/b14-12+. The fraction of sp³-hybridized carbons (Fsp3) is 0.318. The van der Waals surface area contributed by atoms with Crippen molar-refractivity contribution in [2.24, 2.45) is 0 Å².